The maximum atomic E-state index is 2.41. The van der Waals surface area contributed by atoms with Crippen molar-refractivity contribution >= 4 is 81.1 Å². The van der Waals surface area contributed by atoms with Gasteiger partial charge in [0.2, 0.25) is 0 Å². The van der Waals surface area contributed by atoms with Crippen molar-refractivity contribution in [1.29, 1.82) is 0 Å². The summed E-state index contributed by atoms with van der Waals surface area (Å²) in [4.78, 5) is 2.41. The number of hydrogen-bond donors (Lipinski definition) is 0. The Hall–Kier alpha value is -7.72. The van der Waals surface area contributed by atoms with Gasteiger partial charge >= 0.3 is 0 Å². The summed E-state index contributed by atoms with van der Waals surface area (Å²) in [6, 6.07) is 80.8. The summed E-state index contributed by atoms with van der Waals surface area (Å²) in [5.41, 5.74) is 17.2. The Morgan fingerprint density at radius 2 is 0.969 bits per heavy atom. The number of para-hydroxylation sites is 2. The number of anilines is 3. The monoisotopic (exact) mass is 834 g/mol. The molecule has 12 aromatic rings. The minimum atomic E-state index is -0.0530. The van der Waals surface area contributed by atoms with E-state index in [1.807, 2.05) is 11.3 Å². The summed E-state index contributed by atoms with van der Waals surface area (Å²) in [6.45, 7) is 4.71. The maximum absolute atomic E-state index is 2.41. The molecule has 1 aliphatic rings. The molecule has 0 atom stereocenters. The first-order valence-corrected chi connectivity index (χ1v) is 23.0. The van der Waals surface area contributed by atoms with Crippen LogP contribution in [-0.4, -0.2) is 4.57 Å². The van der Waals surface area contributed by atoms with Gasteiger partial charge in [-0.05, 0) is 116 Å². The van der Waals surface area contributed by atoms with Crippen LogP contribution in [0.4, 0.5) is 17.1 Å². The van der Waals surface area contributed by atoms with Gasteiger partial charge in [-0.1, -0.05) is 172 Å². The first-order valence-electron chi connectivity index (χ1n) is 22.2. The van der Waals surface area contributed by atoms with Crippen LogP contribution in [0.2, 0.25) is 0 Å². The van der Waals surface area contributed by atoms with E-state index in [2.05, 4.69) is 242 Å². The molecule has 3 heteroatoms. The van der Waals surface area contributed by atoms with Crippen molar-refractivity contribution in [3.05, 3.63) is 230 Å². The quantitative estimate of drug-likeness (QED) is 0.162. The van der Waals surface area contributed by atoms with Gasteiger partial charge in [0.15, 0.2) is 0 Å². The SMILES string of the molecule is CC1(C)c2ccccc2-c2ccc(-c3ccc(N(c4ccc(-c5cccc6c5sc5c7ccccc7ccc65)cc4)c4ccc5c6ccccc6n(-c6ccccc6)c5c4)cc3)cc21. The van der Waals surface area contributed by atoms with Crippen molar-refractivity contribution in [3.63, 3.8) is 0 Å². The fourth-order valence-corrected chi connectivity index (χ4v) is 12.0. The lowest BCUT2D eigenvalue weighted by atomic mass is 9.81. The van der Waals surface area contributed by atoms with Gasteiger partial charge in [0.05, 0.1) is 11.0 Å². The molecule has 0 N–H and O–H groups in total. The zero-order valence-corrected chi connectivity index (χ0v) is 36.4. The molecule has 302 valence electrons. The highest BCUT2D eigenvalue weighted by atomic mass is 32.1. The van der Waals surface area contributed by atoms with E-state index in [0.717, 1.165) is 22.7 Å². The van der Waals surface area contributed by atoms with E-state index in [0.29, 0.717) is 0 Å². The van der Waals surface area contributed by atoms with E-state index in [1.54, 1.807) is 0 Å². The summed E-state index contributed by atoms with van der Waals surface area (Å²) in [6.07, 6.45) is 0. The highest BCUT2D eigenvalue weighted by molar-refractivity contribution is 7.27. The Kier molecular flexibility index (Phi) is 8.16. The van der Waals surface area contributed by atoms with Gasteiger partial charge in [-0.3, -0.25) is 0 Å². The molecule has 2 nitrogen and oxygen atoms in total. The Morgan fingerprint density at radius 1 is 0.375 bits per heavy atom. The third-order valence-corrected chi connectivity index (χ3v) is 15.1. The van der Waals surface area contributed by atoms with Crippen molar-refractivity contribution < 1.29 is 0 Å². The van der Waals surface area contributed by atoms with Crippen LogP contribution in [0.5, 0.6) is 0 Å². The second-order valence-electron chi connectivity index (χ2n) is 17.7. The zero-order valence-electron chi connectivity index (χ0n) is 35.6. The number of aromatic nitrogens is 1. The third-order valence-electron chi connectivity index (χ3n) is 13.8. The van der Waals surface area contributed by atoms with E-state index < -0.39 is 0 Å². The summed E-state index contributed by atoms with van der Waals surface area (Å²) < 4.78 is 5.08. The second kappa shape index (κ2) is 14.2. The average molecular weight is 835 g/mol. The number of thiophene rings is 1. The van der Waals surface area contributed by atoms with E-state index in [-0.39, 0.29) is 5.41 Å². The van der Waals surface area contributed by atoms with Gasteiger partial charge in [0.1, 0.15) is 0 Å². The lowest BCUT2D eigenvalue weighted by Crippen LogP contribution is -2.14. The summed E-state index contributed by atoms with van der Waals surface area (Å²) in [5.74, 6) is 0. The van der Waals surface area contributed by atoms with Crippen LogP contribution in [0, 0.1) is 0 Å². The topological polar surface area (TPSA) is 8.17 Å². The first kappa shape index (κ1) is 36.9. The van der Waals surface area contributed by atoms with Crippen LogP contribution in [-0.2, 0) is 5.41 Å². The lowest BCUT2D eigenvalue weighted by Gasteiger charge is -2.26. The smallest absolute Gasteiger partial charge is 0.0561 e. The molecule has 10 aromatic carbocycles. The number of benzene rings is 10. The van der Waals surface area contributed by atoms with Crippen LogP contribution < -0.4 is 4.90 Å². The normalized spacial score (nSPS) is 13.0. The maximum Gasteiger partial charge on any atom is 0.0561 e. The third kappa shape index (κ3) is 5.57. The highest BCUT2D eigenvalue weighted by Crippen LogP contribution is 2.50. The van der Waals surface area contributed by atoms with Crippen molar-refractivity contribution in [1.82, 2.24) is 4.57 Å². The van der Waals surface area contributed by atoms with Crippen LogP contribution >= 0.6 is 11.3 Å². The standard InChI is InChI=1S/C61H42N2S/c1-61(2)55-21-10-8-17-49(55)50-34-28-42(37-56(50)61)39-23-29-44(30-24-39)62(46-33-36-52-51-18-9-11-22-57(51)63(58(52)38-46)43-14-4-3-5-15-43)45-31-25-41(26-32-45)48-19-12-20-53-54-35-27-40-13-6-7-16-47(40)60(54)64-59(48)53/h3-38H,1-2H3. The minimum absolute atomic E-state index is 0.0530. The Balaban J connectivity index is 0.945. The first-order chi connectivity index (χ1) is 31.5. The Bertz CT molecular complexity index is 3800. The van der Waals surface area contributed by atoms with Crippen LogP contribution in [0.3, 0.4) is 0 Å². The van der Waals surface area contributed by atoms with E-state index in [1.165, 1.54) is 97.3 Å². The van der Waals surface area contributed by atoms with E-state index >= 15 is 0 Å². The van der Waals surface area contributed by atoms with E-state index in [9.17, 15) is 0 Å². The molecule has 0 bridgehead atoms. The molecule has 64 heavy (non-hydrogen) atoms. The molecule has 0 aliphatic heterocycles. The van der Waals surface area contributed by atoms with Crippen LogP contribution in [0.25, 0.3) is 91.8 Å². The van der Waals surface area contributed by atoms with Gasteiger partial charge in [0, 0.05) is 59.1 Å². The number of rotatable bonds is 6. The van der Waals surface area contributed by atoms with Crippen molar-refractivity contribution in [2.45, 2.75) is 19.3 Å². The Morgan fingerprint density at radius 3 is 1.80 bits per heavy atom. The van der Waals surface area contributed by atoms with Crippen LogP contribution in [0.1, 0.15) is 25.0 Å². The van der Waals surface area contributed by atoms with Crippen molar-refractivity contribution in [2.75, 3.05) is 4.90 Å². The number of hydrogen-bond acceptors (Lipinski definition) is 2. The van der Waals surface area contributed by atoms with Crippen molar-refractivity contribution in [3.8, 4) is 39.1 Å². The fourth-order valence-electron chi connectivity index (χ4n) is 10.6. The zero-order chi connectivity index (χ0) is 42.5. The molecule has 0 unspecified atom stereocenters. The average Bonchev–Trinajstić information content (AvgIpc) is 3.98. The molecule has 0 fully saturated rings. The fraction of sp³-hybridized carbons (Fsp3) is 0.0492. The molecule has 1 aliphatic carbocycles. The molecular weight excluding hydrogens is 793 g/mol. The molecule has 13 rings (SSSR count). The van der Waals surface area contributed by atoms with Crippen molar-refractivity contribution in [2.24, 2.45) is 0 Å². The minimum Gasteiger partial charge on any atom is -0.310 e. The molecule has 2 heterocycles. The summed E-state index contributed by atoms with van der Waals surface area (Å²) in [7, 11) is 0. The molecule has 0 spiro atoms. The lowest BCUT2D eigenvalue weighted by molar-refractivity contribution is 0.660. The van der Waals surface area contributed by atoms with Gasteiger partial charge in [-0.25, -0.2) is 0 Å². The second-order valence-corrected chi connectivity index (χ2v) is 18.7. The molecular formula is C61H42N2S. The predicted molar refractivity (Wildman–Crippen MR) is 274 cm³/mol. The molecule has 2 aromatic heterocycles. The summed E-state index contributed by atoms with van der Waals surface area (Å²) in [5, 5.41) is 7.72. The largest absolute Gasteiger partial charge is 0.310 e. The van der Waals surface area contributed by atoms with E-state index in [4.69, 9.17) is 0 Å². The number of nitrogens with zero attached hydrogens (tertiary/aromatic N) is 2. The van der Waals surface area contributed by atoms with Gasteiger partial charge < -0.3 is 9.47 Å². The summed E-state index contributed by atoms with van der Waals surface area (Å²) >= 11 is 1.91. The van der Waals surface area contributed by atoms with Crippen LogP contribution in [0.15, 0.2) is 218 Å². The predicted octanol–water partition coefficient (Wildman–Crippen LogP) is 17.4. The Labute approximate surface area is 376 Å². The van der Waals surface area contributed by atoms with Gasteiger partial charge in [-0.2, -0.15) is 0 Å². The molecule has 0 saturated carbocycles. The molecule has 0 amide bonds. The number of fused-ring (bicyclic) bond motifs is 11. The van der Waals surface area contributed by atoms with Gasteiger partial charge in [-0.15, -0.1) is 11.3 Å². The molecule has 0 radical (unpaired) electrons. The highest BCUT2D eigenvalue weighted by Gasteiger charge is 2.35. The van der Waals surface area contributed by atoms with Gasteiger partial charge in [0.25, 0.3) is 0 Å². The molecule has 0 saturated heterocycles.